The Hall–Kier alpha value is -0.650. The minimum Gasteiger partial charge on any atom is -0.396 e. The number of ether oxygens (including phenoxy) is 3. The minimum absolute atomic E-state index is 0.163. The Balaban J connectivity index is 2.09. The van der Waals surface area contributed by atoms with Crippen LogP contribution in [0, 0.1) is 5.92 Å². The van der Waals surface area contributed by atoms with Crippen molar-refractivity contribution < 1.29 is 19.3 Å². The van der Waals surface area contributed by atoms with Gasteiger partial charge in [0.1, 0.15) is 0 Å². The SMILES string of the molecule is COCCOCCOCCC(CO)Cc1ccc(Cl)cc1. The van der Waals surface area contributed by atoms with E-state index in [9.17, 15) is 5.11 Å². The van der Waals surface area contributed by atoms with Crippen molar-refractivity contribution in [2.24, 2.45) is 5.92 Å². The van der Waals surface area contributed by atoms with E-state index < -0.39 is 0 Å². The van der Waals surface area contributed by atoms with E-state index in [1.54, 1.807) is 7.11 Å². The second kappa shape index (κ2) is 12.0. The quantitative estimate of drug-likeness (QED) is 0.602. The van der Waals surface area contributed by atoms with Crippen molar-refractivity contribution in [1.82, 2.24) is 0 Å². The third-order valence-corrected chi connectivity index (χ3v) is 3.42. The maximum Gasteiger partial charge on any atom is 0.0701 e. The van der Waals surface area contributed by atoms with E-state index >= 15 is 0 Å². The second-order valence-corrected chi connectivity index (χ2v) is 5.32. The monoisotopic (exact) mass is 316 g/mol. The van der Waals surface area contributed by atoms with Crippen LogP contribution in [0.4, 0.5) is 0 Å². The zero-order chi connectivity index (χ0) is 15.3. The van der Waals surface area contributed by atoms with Crippen LogP contribution in [0.3, 0.4) is 0 Å². The van der Waals surface area contributed by atoms with Gasteiger partial charge in [-0.25, -0.2) is 0 Å². The number of methoxy groups -OCH3 is 1. The molecule has 1 N–H and O–H groups in total. The van der Waals surface area contributed by atoms with Crippen molar-refractivity contribution >= 4 is 11.6 Å². The lowest BCUT2D eigenvalue weighted by atomic mass is 9.97. The Morgan fingerprint density at radius 1 is 1.00 bits per heavy atom. The molecule has 120 valence electrons. The molecule has 0 aliphatic rings. The van der Waals surface area contributed by atoms with Crippen molar-refractivity contribution in [3.8, 4) is 0 Å². The van der Waals surface area contributed by atoms with Crippen LogP contribution in [0.5, 0.6) is 0 Å². The topological polar surface area (TPSA) is 47.9 Å². The van der Waals surface area contributed by atoms with Crippen LogP contribution in [0.1, 0.15) is 12.0 Å². The van der Waals surface area contributed by atoms with Gasteiger partial charge in [0.25, 0.3) is 0 Å². The highest BCUT2D eigenvalue weighted by Gasteiger charge is 2.08. The van der Waals surface area contributed by atoms with Crippen LogP contribution in [0.25, 0.3) is 0 Å². The summed E-state index contributed by atoms with van der Waals surface area (Å²) in [5.41, 5.74) is 1.18. The highest BCUT2D eigenvalue weighted by Crippen LogP contribution is 2.15. The Morgan fingerprint density at radius 2 is 1.62 bits per heavy atom. The molecule has 1 aromatic carbocycles. The Kier molecular flexibility index (Phi) is 10.5. The van der Waals surface area contributed by atoms with Gasteiger partial charge in [-0.3, -0.25) is 0 Å². The number of benzene rings is 1. The number of hydrogen-bond donors (Lipinski definition) is 1. The van der Waals surface area contributed by atoms with E-state index in [-0.39, 0.29) is 12.5 Å². The summed E-state index contributed by atoms with van der Waals surface area (Å²) in [7, 11) is 1.65. The average molecular weight is 317 g/mol. The lowest BCUT2D eigenvalue weighted by Gasteiger charge is -2.14. The normalized spacial score (nSPS) is 12.5. The molecule has 0 fully saturated rings. The molecule has 1 unspecified atom stereocenters. The van der Waals surface area contributed by atoms with Crippen LogP contribution in [-0.4, -0.2) is 51.9 Å². The number of aliphatic hydroxyl groups is 1. The van der Waals surface area contributed by atoms with E-state index in [0.29, 0.717) is 33.0 Å². The molecule has 1 atom stereocenters. The summed E-state index contributed by atoms with van der Waals surface area (Å²) in [6, 6.07) is 7.74. The third kappa shape index (κ3) is 9.06. The lowest BCUT2D eigenvalue weighted by Crippen LogP contribution is -2.14. The van der Waals surface area contributed by atoms with E-state index in [1.807, 2.05) is 24.3 Å². The van der Waals surface area contributed by atoms with Crippen molar-refractivity contribution in [1.29, 1.82) is 0 Å². The predicted octanol–water partition coefficient (Wildman–Crippen LogP) is 2.56. The first-order valence-corrected chi connectivity index (χ1v) is 7.63. The molecule has 21 heavy (non-hydrogen) atoms. The molecule has 5 heteroatoms. The smallest absolute Gasteiger partial charge is 0.0701 e. The lowest BCUT2D eigenvalue weighted by molar-refractivity contribution is 0.0201. The summed E-state index contributed by atoms with van der Waals surface area (Å²) < 4.78 is 15.7. The molecule has 0 spiro atoms. The summed E-state index contributed by atoms with van der Waals surface area (Å²) in [6.07, 6.45) is 1.67. The first-order valence-electron chi connectivity index (χ1n) is 7.26. The molecule has 0 aliphatic carbocycles. The van der Waals surface area contributed by atoms with Gasteiger partial charge in [0.15, 0.2) is 0 Å². The summed E-state index contributed by atoms with van der Waals surface area (Å²) in [6.45, 7) is 3.14. The molecule has 0 saturated carbocycles. The fourth-order valence-corrected chi connectivity index (χ4v) is 2.05. The first-order chi connectivity index (χ1) is 10.3. The van der Waals surface area contributed by atoms with Gasteiger partial charge in [-0.05, 0) is 36.5 Å². The standard InChI is InChI=1S/C16H25ClO4/c1-19-8-9-21-11-10-20-7-6-15(13-18)12-14-2-4-16(17)5-3-14/h2-5,15,18H,6-13H2,1H3. The molecule has 0 aliphatic heterocycles. The predicted molar refractivity (Wildman–Crippen MR) is 83.9 cm³/mol. The number of aliphatic hydroxyl groups excluding tert-OH is 1. The number of hydrogen-bond acceptors (Lipinski definition) is 4. The minimum atomic E-state index is 0.163. The van der Waals surface area contributed by atoms with Gasteiger partial charge >= 0.3 is 0 Å². The van der Waals surface area contributed by atoms with E-state index in [4.69, 9.17) is 25.8 Å². The van der Waals surface area contributed by atoms with Crippen LogP contribution in [0.2, 0.25) is 5.02 Å². The summed E-state index contributed by atoms with van der Waals surface area (Å²) in [5.74, 6) is 0.209. The number of halogens is 1. The highest BCUT2D eigenvalue weighted by atomic mass is 35.5. The molecule has 1 aromatic rings. The maximum absolute atomic E-state index is 9.42. The summed E-state index contributed by atoms with van der Waals surface area (Å²) in [4.78, 5) is 0. The zero-order valence-corrected chi connectivity index (χ0v) is 13.3. The van der Waals surface area contributed by atoms with Gasteiger partial charge in [-0.15, -0.1) is 0 Å². The molecular weight excluding hydrogens is 292 g/mol. The van der Waals surface area contributed by atoms with Gasteiger partial charge in [0, 0.05) is 25.3 Å². The van der Waals surface area contributed by atoms with Gasteiger partial charge in [-0.2, -0.15) is 0 Å². The molecule has 1 rings (SSSR count). The Bertz CT molecular complexity index is 356. The van der Waals surface area contributed by atoms with E-state index in [0.717, 1.165) is 17.9 Å². The zero-order valence-electron chi connectivity index (χ0n) is 12.6. The van der Waals surface area contributed by atoms with Gasteiger partial charge in [0.05, 0.1) is 26.4 Å². The summed E-state index contributed by atoms with van der Waals surface area (Å²) in [5, 5.41) is 10.2. The number of rotatable bonds is 12. The summed E-state index contributed by atoms with van der Waals surface area (Å²) >= 11 is 5.86. The molecule has 0 bridgehead atoms. The molecule has 0 aromatic heterocycles. The second-order valence-electron chi connectivity index (χ2n) is 4.89. The third-order valence-electron chi connectivity index (χ3n) is 3.17. The van der Waals surface area contributed by atoms with E-state index in [1.165, 1.54) is 5.56 Å². The average Bonchev–Trinajstić information content (AvgIpc) is 2.50. The van der Waals surface area contributed by atoms with Crippen LogP contribution in [0.15, 0.2) is 24.3 Å². The molecular formula is C16H25ClO4. The Labute approximate surface area is 132 Å². The fourth-order valence-electron chi connectivity index (χ4n) is 1.93. The van der Waals surface area contributed by atoms with Crippen LogP contribution in [-0.2, 0) is 20.6 Å². The van der Waals surface area contributed by atoms with Crippen molar-refractivity contribution in [2.45, 2.75) is 12.8 Å². The van der Waals surface area contributed by atoms with E-state index in [2.05, 4.69) is 0 Å². The van der Waals surface area contributed by atoms with Crippen LogP contribution >= 0.6 is 11.6 Å². The van der Waals surface area contributed by atoms with Crippen molar-refractivity contribution in [2.75, 3.05) is 46.8 Å². The highest BCUT2D eigenvalue weighted by molar-refractivity contribution is 6.30. The van der Waals surface area contributed by atoms with Crippen molar-refractivity contribution in [3.05, 3.63) is 34.9 Å². The van der Waals surface area contributed by atoms with Gasteiger partial charge in [-0.1, -0.05) is 23.7 Å². The maximum atomic E-state index is 9.42. The van der Waals surface area contributed by atoms with Crippen LogP contribution < -0.4 is 0 Å². The molecule has 0 amide bonds. The molecule has 0 saturated heterocycles. The fraction of sp³-hybridized carbons (Fsp3) is 0.625. The van der Waals surface area contributed by atoms with Gasteiger partial charge < -0.3 is 19.3 Å². The molecule has 0 heterocycles. The largest absolute Gasteiger partial charge is 0.396 e. The Morgan fingerprint density at radius 3 is 2.24 bits per heavy atom. The molecule has 0 radical (unpaired) electrons. The van der Waals surface area contributed by atoms with Crippen molar-refractivity contribution in [3.63, 3.8) is 0 Å². The molecule has 4 nitrogen and oxygen atoms in total. The van der Waals surface area contributed by atoms with Gasteiger partial charge in [0.2, 0.25) is 0 Å². The first kappa shape index (κ1) is 18.4.